The number of hydrogen-bond donors (Lipinski definition) is 1. The van der Waals surface area contributed by atoms with Crippen LogP contribution < -0.4 is 0 Å². The molecule has 0 spiro atoms. The van der Waals surface area contributed by atoms with Gasteiger partial charge in [-0.25, -0.2) is 34.5 Å². The van der Waals surface area contributed by atoms with E-state index >= 15 is 0 Å². The standard InChI is InChI=1S/C20H10BrN5O8/c1-30-20(29)14-7-34-18(26-14)12-5-32-17(24-12)11-4-31-15(23-11)9-2-8(21)3-10(22-9)16-25-13(6-33-16)19(27)28/h2-7H,1H3,(H,27,28). The van der Waals surface area contributed by atoms with Crippen molar-refractivity contribution in [1.82, 2.24) is 24.9 Å². The number of carboxylic acids is 1. The second kappa shape index (κ2) is 8.40. The molecular weight excluding hydrogens is 518 g/mol. The Morgan fingerprint density at radius 1 is 0.735 bits per heavy atom. The van der Waals surface area contributed by atoms with E-state index in [1.165, 1.54) is 19.6 Å². The Balaban J connectivity index is 1.42. The molecule has 5 rings (SSSR count). The summed E-state index contributed by atoms with van der Waals surface area (Å²) in [6, 6.07) is 3.24. The van der Waals surface area contributed by atoms with Gasteiger partial charge in [0.2, 0.25) is 23.6 Å². The van der Waals surface area contributed by atoms with Crippen molar-refractivity contribution in [3.05, 3.63) is 53.0 Å². The van der Waals surface area contributed by atoms with E-state index in [1.807, 2.05) is 0 Å². The SMILES string of the molecule is COC(=O)c1coc(-c2coc(-c3coc(-c4cc(Br)cc(-c5nc(C(=O)O)co5)n4)n3)n2)n1. The topological polar surface area (TPSA) is 181 Å². The number of carbonyl (C=O) groups is 2. The van der Waals surface area contributed by atoms with Crippen LogP contribution in [0.25, 0.3) is 46.3 Å². The number of carbonyl (C=O) groups excluding carboxylic acids is 1. The van der Waals surface area contributed by atoms with Gasteiger partial charge in [-0.15, -0.1) is 0 Å². The average molecular weight is 528 g/mol. The van der Waals surface area contributed by atoms with Gasteiger partial charge < -0.3 is 27.5 Å². The first-order chi connectivity index (χ1) is 16.4. The molecule has 0 aliphatic carbocycles. The summed E-state index contributed by atoms with van der Waals surface area (Å²) < 4.78 is 26.6. The first kappa shape index (κ1) is 21.3. The van der Waals surface area contributed by atoms with Crippen LogP contribution in [0, 0.1) is 0 Å². The lowest BCUT2D eigenvalue weighted by Crippen LogP contribution is -2.00. The molecule has 0 radical (unpaired) electrons. The van der Waals surface area contributed by atoms with E-state index in [1.54, 1.807) is 12.1 Å². The molecule has 5 heterocycles. The largest absolute Gasteiger partial charge is 0.476 e. The molecule has 13 nitrogen and oxygen atoms in total. The number of halogens is 1. The van der Waals surface area contributed by atoms with Gasteiger partial charge in [0.05, 0.1) is 7.11 Å². The van der Waals surface area contributed by atoms with E-state index in [0.717, 1.165) is 12.5 Å². The molecule has 0 amide bonds. The maximum Gasteiger partial charge on any atom is 0.360 e. The number of hydrogen-bond acceptors (Lipinski definition) is 12. The van der Waals surface area contributed by atoms with Gasteiger partial charge in [0.25, 0.3) is 0 Å². The molecule has 0 aromatic carbocycles. The Labute approximate surface area is 196 Å². The predicted molar refractivity (Wildman–Crippen MR) is 112 cm³/mol. The van der Waals surface area contributed by atoms with Gasteiger partial charge in [-0.05, 0) is 12.1 Å². The Morgan fingerprint density at radius 3 is 1.76 bits per heavy atom. The van der Waals surface area contributed by atoms with Gasteiger partial charge in [0.1, 0.15) is 36.4 Å². The fourth-order valence-corrected chi connectivity index (χ4v) is 3.21. The normalized spacial score (nSPS) is 11.0. The number of ether oxygens (including phenoxy) is 1. The Hall–Kier alpha value is -4.59. The average Bonchev–Trinajstić information content (AvgIpc) is 3.62. The Morgan fingerprint density at radius 2 is 1.21 bits per heavy atom. The second-order valence-electron chi connectivity index (χ2n) is 6.50. The zero-order valence-electron chi connectivity index (χ0n) is 16.9. The number of aromatic carboxylic acids is 1. The Kier molecular flexibility index (Phi) is 5.25. The van der Waals surface area contributed by atoms with Crippen molar-refractivity contribution in [3.8, 4) is 46.3 Å². The fourth-order valence-electron chi connectivity index (χ4n) is 2.77. The van der Waals surface area contributed by atoms with Crippen LogP contribution >= 0.6 is 15.9 Å². The number of esters is 1. The highest BCUT2D eigenvalue weighted by Crippen LogP contribution is 2.29. The van der Waals surface area contributed by atoms with E-state index < -0.39 is 11.9 Å². The zero-order chi connectivity index (χ0) is 23.8. The lowest BCUT2D eigenvalue weighted by atomic mass is 10.3. The Bertz CT molecular complexity index is 1530. The molecule has 0 atom stereocenters. The highest BCUT2D eigenvalue weighted by Gasteiger charge is 2.20. The maximum atomic E-state index is 11.5. The summed E-state index contributed by atoms with van der Waals surface area (Å²) in [5, 5.41) is 9.03. The summed E-state index contributed by atoms with van der Waals surface area (Å²) in [4.78, 5) is 43.4. The van der Waals surface area contributed by atoms with Crippen LogP contribution in [0.4, 0.5) is 0 Å². The minimum atomic E-state index is -1.22. The van der Waals surface area contributed by atoms with Crippen molar-refractivity contribution < 1.29 is 37.1 Å². The minimum absolute atomic E-state index is 0.0103. The maximum absolute atomic E-state index is 11.5. The van der Waals surface area contributed by atoms with Crippen molar-refractivity contribution in [3.63, 3.8) is 0 Å². The zero-order valence-corrected chi connectivity index (χ0v) is 18.5. The number of aromatic nitrogens is 5. The van der Waals surface area contributed by atoms with Crippen molar-refractivity contribution in [1.29, 1.82) is 0 Å². The lowest BCUT2D eigenvalue weighted by molar-refractivity contribution is 0.0593. The van der Waals surface area contributed by atoms with E-state index in [0.29, 0.717) is 10.2 Å². The molecule has 34 heavy (non-hydrogen) atoms. The predicted octanol–water partition coefficient (Wildman–Crippen LogP) is 3.95. The molecule has 0 unspecified atom stereocenters. The summed E-state index contributed by atoms with van der Waals surface area (Å²) >= 11 is 3.37. The second-order valence-corrected chi connectivity index (χ2v) is 7.42. The molecular formula is C20H10BrN5O8. The summed E-state index contributed by atoms with van der Waals surface area (Å²) in [6.45, 7) is 0. The number of methoxy groups -OCH3 is 1. The molecule has 1 N–H and O–H groups in total. The van der Waals surface area contributed by atoms with Crippen molar-refractivity contribution in [2.75, 3.05) is 7.11 Å². The number of pyridine rings is 1. The van der Waals surface area contributed by atoms with Gasteiger partial charge in [-0.1, -0.05) is 15.9 Å². The molecule has 0 saturated carbocycles. The van der Waals surface area contributed by atoms with E-state index in [-0.39, 0.29) is 52.0 Å². The lowest BCUT2D eigenvalue weighted by Gasteiger charge is -2.00. The van der Waals surface area contributed by atoms with E-state index in [2.05, 4.69) is 45.6 Å². The monoisotopic (exact) mass is 527 g/mol. The number of rotatable bonds is 6. The van der Waals surface area contributed by atoms with Crippen molar-refractivity contribution >= 4 is 27.9 Å². The van der Waals surface area contributed by atoms with Crippen LogP contribution in [0.5, 0.6) is 0 Å². The molecule has 0 saturated heterocycles. The fraction of sp³-hybridized carbons (Fsp3) is 0.0500. The third kappa shape index (κ3) is 3.97. The van der Waals surface area contributed by atoms with E-state index in [4.69, 9.17) is 22.8 Å². The van der Waals surface area contributed by atoms with E-state index in [9.17, 15) is 9.59 Å². The highest BCUT2D eigenvalue weighted by atomic mass is 79.9. The molecule has 170 valence electrons. The highest BCUT2D eigenvalue weighted by molar-refractivity contribution is 9.10. The van der Waals surface area contributed by atoms with Gasteiger partial charge in [0, 0.05) is 4.47 Å². The molecule has 0 aliphatic rings. The molecule has 5 aromatic rings. The third-order valence-corrected chi connectivity index (χ3v) is 4.75. The summed E-state index contributed by atoms with van der Waals surface area (Å²) in [5.74, 6) is -1.56. The third-order valence-electron chi connectivity index (χ3n) is 4.30. The molecule has 0 aliphatic heterocycles. The number of oxazole rings is 4. The van der Waals surface area contributed by atoms with Crippen LogP contribution in [-0.4, -0.2) is 49.1 Å². The van der Waals surface area contributed by atoms with Crippen LogP contribution in [0.2, 0.25) is 0 Å². The van der Waals surface area contributed by atoms with Crippen LogP contribution in [0.15, 0.2) is 59.3 Å². The van der Waals surface area contributed by atoms with Crippen LogP contribution in [0.1, 0.15) is 21.0 Å². The van der Waals surface area contributed by atoms with Crippen LogP contribution in [-0.2, 0) is 4.74 Å². The molecule has 0 fully saturated rings. The summed E-state index contributed by atoms with van der Waals surface area (Å²) in [5.41, 5.74) is 0.808. The molecule has 14 heteroatoms. The van der Waals surface area contributed by atoms with Gasteiger partial charge in [-0.3, -0.25) is 0 Å². The van der Waals surface area contributed by atoms with Crippen LogP contribution in [0.3, 0.4) is 0 Å². The minimum Gasteiger partial charge on any atom is -0.476 e. The van der Waals surface area contributed by atoms with Gasteiger partial charge in [0.15, 0.2) is 22.8 Å². The smallest absolute Gasteiger partial charge is 0.360 e. The summed E-state index contributed by atoms with van der Waals surface area (Å²) in [6.07, 6.45) is 4.77. The first-order valence-electron chi connectivity index (χ1n) is 9.24. The van der Waals surface area contributed by atoms with Crippen molar-refractivity contribution in [2.24, 2.45) is 0 Å². The van der Waals surface area contributed by atoms with Gasteiger partial charge in [-0.2, -0.15) is 0 Å². The van der Waals surface area contributed by atoms with Crippen molar-refractivity contribution in [2.45, 2.75) is 0 Å². The first-order valence-corrected chi connectivity index (χ1v) is 10.0. The summed E-state index contributed by atoms with van der Waals surface area (Å²) in [7, 11) is 1.23. The molecule has 0 bridgehead atoms. The van der Waals surface area contributed by atoms with Gasteiger partial charge >= 0.3 is 11.9 Å². The number of nitrogens with zero attached hydrogens (tertiary/aromatic N) is 5. The molecule has 5 aromatic heterocycles. The number of carboxylic acid groups (broad SMARTS) is 1. The quantitative estimate of drug-likeness (QED) is 0.313.